The number of phenols is 1. The molecular formula is C21H18FN3O5. The van der Waals surface area contributed by atoms with Crippen molar-refractivity contribution in [2.45, 2.75) is 12.1 Å². The van der Waals surface area contributed by atoms with Crippen molar-refractivity contribution < 1.29 is 28.3 Å². The van der Waals surface area contributed by atoms with Crippen molar-refractivity contribution in [3.8, 4) is 5.75 Å². The summed E-state index contributed by atoms with van der Waals surface area (Å²) >= 11 is 0. The number of nitrogens with zero attached hydrogens (tertiary/aromatic N) is 1. The Morgan fingerprint density at radius 1 is 1.30 bits per heavy atom. The summed E-state index contributed by atoms with van der Waals surface area (Å²) in [6, 6.07) is 9.92. The molecule has 2 aromatic carbocycles. The predicted octanol–water partition coefficient (Wildman–Crippen LogP) is 1.62. The normalized spacial score (nSPS) is 15.1. The number of imide groups is 1. The van der Waals surface area contributed by atoms with Crippen molar-refractivity contribution in [1.82, 2.24) is 15.5 Å². The first-order valence-electron chi connectivity index (χ1n) is 9.12. The van der Waals surface area contributed by atoms with Crippen LogP contribution in [0.2, 0.25) is 0 Å². The van der Waals surface area contributed by atoms with Gasteiger partial charge in [0.2, 0.25) is 6.41 Å². The largest absolute Gasteiger partial charge is 0.508 e. The average molecular weight is 411 g/mol. The van der Waals surface area contributed by atoms with Gasteiger partial charge in [-0.2, -0.15) is 0 Å². The summed E-state index contributed by atoms with van der Waals surface area (Å²) in [7, 11) is 1.50. The van der Waals surface area contributed by atoms with Gasteiger partial charge in [-0.15, -0.1) is 0 Å². The van der Waals surface area contributed by atoms with Crippen LogP contribution >= 0.6 is 0 Å². The summed E-state index contributed by atoms with van der Waals surface area (Å²) in [5, 5.41) is 15.1. The van der Waals surface area contributed by atoms with E-state index in [1.54, 1.807) is 6.07 Å². The number of carbonyl (C=O) groups is 3. The first-order valence-corrected chi connectivity index (χ1v) is 9.12. The van der Waals surface area contributed by atoms with E-state index >= 15 is 0 Å². The lowest BCUT2D eigenvalue weighted by Gasteiger charge is -2.33. The maximum Gasteiger partial charge on any atom is 0.256 e. The Hall–Kier alpha value is -3.72. The van der Waals surface area contributed by atoms with E-state index in [-0.39, 0.29) is 36.9 Å². The van der Waals surface area contributed by atoms with Gasteiger partial charge in [0.15, 0.2) is 5.54 Å². The molecule has 3 N–H and O–H groups in total. The number of likely N-dealkylation sites (N-methyl/N-ethyl adjacent to an activating group) is 1. The monoisotopic (exact) mass is 411 g/mol. The van der Waals surface area contributed by atoms with E-state index in [0.717, 1.165) is 0 Å². The van der Waals surface area contributed by atoms with E-state index in [4.69, 9.17) is 4.42 Å². The molecule has 0 saturated heterocycles. The SMILES string of the molecule is CN[C@](CN1Cc2ccc(O)cc2C1=O)(C(=O)NC=O)c1cc2cc(F)ccc2o1. The van der Waals surface area contributed by atoms with Crippen LogP contribution < -0.4 is 10.6 Å². The molecule has 3 amide bonds. The van der Waals surface area contributed by atoms with E-state index in [2.05, 4.69) is 10.6 Å². The lowest BCUT2D eigenvalue weighted by molar-refractivity contribution is -0.132. The van der Waals surface area contributed by atoms with Gasteiger partial charge in [0.1, 0.15) is 22.9 Å². The summed E-state index contributed by atoms with van der Waals surface area (Å²) in [5.74, 6) is -1.49. The number of rotatable bonds is 6. The molecule has 4 rings (SSSR count). The summed E-state index contributed by atoms with van der Waals surface area (Å²) in [4.78, 5) is 38.2. The number of furan rings is 1. The topological polar surface area (TPSA) is 112 Å². The third-order valence-corrected chi connectivity index (χ3v) is 5.30. The first-order chi connectivity index (χ1) is 14.4. The third kappa shape index (κ3) is 3.09. The van der Waals surface area contributed by atoms with Gasteiger partial charge in [-0.1, -0.05) is 6.07 Å². The molecule has 9 heteroatoms. The van der Waals surface area contributed by atoms with Crippen molar-refractivity contribution in [3.63, 3.8) is 0 Å². The van der Waals surface area contributed by atoms with Crippen LogP contribution in [0.25, 0.3) is 11.0 Å². The molecule has 0 radical (unpaired) electrons. The van der Waals surface area contributed by atoms with Crippen LogP contribution in [0.15, 0.2) is 46.9 Å². The fourth-order valence-corrected chi connectivity index (χ4v) is 3.74. The zero-order chi connectivity index (χ0) is 21.5. The number of nitrogens with one attached hydrogen (secondary N) is 2. The Bertz CT molecular complexity index is 1170. The molecule has 154 valence electrons. The zero-order valence-corrected chi connectivity index (χ0v) is 15.9. The van der Waals surface area contributed by atoms with Crippen LogP contribution in [0.5, 0.6) is 5.75 Å². The smallest absolute Gasteiger partial charge is 0.256 e. The van der Waals surface area contributed by atoms with Gasteiger partial charge in [0.05, 0.1) is 6.54 Å². The Kier molecular flexibility index (Phi) is 4.75. The highest BCUT2D eigenvalue weighted by atomic mass is 19.1. The molecule has 0 spiro atoms. The van der Waals surface area contributed by atoms with E-state index in [1.807, 2.05) is 0 Å². The molecule has 1 aliphatic rings. The Labute approximate surface area is 170 Å². The summed E-state index contributed by atoms with van der Waals surface area (Å²) in [5.41, 5.74) is -0.227. The number of hydrogen-bond acceptors (Lipinski definition) is 6. The van der Waals surface area contributed by atoms with Gasteiger partial charge in [-0.3, -0.25) is 25.0 Å². The van der Waals surface area contributed by atoms with Crippen LogP contribution in [0.3, 0.4) is 0 Å². The second kappa shape index (κ2) is 7.27. The van der Waals surface area contributed by atoms with Crippen molar-refractivity contribution >= 4 is 29.2 Å². The lowest BCUT2D eigenvalue weighted by atomic mass is 9.93. The van der Waals surface area contributed by atoms with E-state index in [0.29, 0.717) is 22.1 Å². The van der Waals surface area contributed by atoms with Crippen molar-refractivity contribution in [1.29, 1.82) is 0 Å². The number of benzene rings is 2. The minimum atomic E-state index is -1.61. The van der Waals surface area contributed by atoms with E-state index in [1.165, 1.54) is 48.3 Å². The summed E-state index contributed by atoms with van der Waals surface area (Å²) < 4.78 is 19.4. The number of amides is 3. The molecule has 1 aromatic heterocycles. The van der Waals surface area contributed by atoms with Crippen LogP contribution in [-0.2, 0) is 21.7 Å². The molecule has 0 saturated carbocycles. The average Bonchev–Trinajstić information content (AvgIpc) is 3.27. The molecule has 1 atom stereocenters. The maximum atomic E-state index is 13.6. The van der Waals surface area contributed by atoms with Gasteiger partial charge >= 0.3 is 0 Å². The number of aromatic hydroxyl groups is 1. The summed E-state index contributed by atoms with van der Waals surface area (Å²) in [6.07, 6.45) is 0.245. The minimum absolute atomic E-state index is 0.0400. The van der Waals surface area contributed by atoms with Gasteiger partial charge in [-0.25, -0.2) is 4.39 Å². The standard InChI is InChI=1S/C21H18FN3O5/c1-23-21(20(29)24-11-26,18-7-13-6-14(22)3-5-17(13)30-18)10-25-9-12-2-4-15(27)8-16(12)19(25)28/h2-8,11,23,27H,9-10H2,1H3,(H,24,26,29)/t21-/m0/s1. The zero-order valence-electron chi connectivity index (χ0n) is 15.9. The van der Waals surface area contributed by atoms with Gasteiger partial charge in [0.25, 0.3) is 11.8 Å². The lowest BCUT2D eigenvalue weighted by Crippen LogP contribution is -2.58. The number of carbonyl (C=O) groups excluding carboxylic acids is 3. The van der Waals surface area contributed by atoms with Crippen LogP contribution in [0.4, 0.5) is 4.39 Å². The number of hydrogen-bond donors (Lipinski definition) is 3. The highest BCUT2D eigenvalue weighted by molar-refractivity contribution is 6.00. The molecule has 2 heterocycles. The number of phenolic OH excluding ortho intramolecular Hbond substituents is 1. The Morgan fingerprint density at radius 3 is 2.83 bits per heavy atom. The fraction of sp³-hybridized carbons (Fsp3) is 0.190. The highest BCUT2D eigenvalue weighted by Gasteiger charge is 2.46. The quantitative estimate of drug-likeness (QED) is 0.532. The molecule has 0 unspecified atom stereocenters. The van der Waals surface area contributed by atoms with Crippen LogP contribution in [-0.4, -0.2) is 41.8 Å². The second-order valence-electron chi connectivity index (χ2n) is 7.04. The Balaban J connectivity index is 1.77. The van der Waals surface area contributed by atoms with Gasteiger partial charge < -0.3 is 14.4 Å². The predicted molar refractivity (Wildman–Crippen MR) is 104 cm³/mol. The minimum Gasteiger partial charge on any atom is -0.508 e. The molecule has 0 fully saturated rings. The van der Waals surface area contributed by atoms with Gasteiger partial charge in [0, 0.05) is 17.5 Å². The van der Waals surface area contributed by atoms with Crippen LogP contribution in [0, 0.1) is 5.82 Å². The number of fused-ring (bicyclic) bond motifs is 2. The molecule has 3 aromatic rings. The molecule has 30 heavy (non-hydrogen) atoms. The second-order valence-corrected chi connectivity index (χ2v) is 7.04. The molecule has 0 aliphatic carbocycles. The molecule has 0 bridgehead atoms. The van der Waals surface area contributed by atoms with Crippen molar-refractivity contribution in [2.75, 3.05) is 13.6 Å². The van der Waals surface area contributed by atoms with E-state index < -0.39 is 17.3 Å². The highest BCUT2D eigenvalue weighted by Crippen LogP contribution is 2.33. The van der Waals surface area contributed by atoms with Crippen LogP contribution in [0.1, 0.15) is 21.7 Å². The third-order valence-electron chi connectivity index (χ3n) is 5.30. The summed E-state index contributed by atoms with van der Waals surface area (Å²) in [6.45, 7) is 0.0425. The Morgan fingerprint density at radius 2 is 2.10 bits per heavy atom. The van der Waals surface area contributed by atoms with Crippen molar-refractivity contribution in [2.24, 2.45) is 0 Å². The number of halogens is 1. The molecular weight excluding hydrogens is 393 g/mol. The molecule has 1 aliphatic heterocycles. The van der Waals surface area contributed by atoms with Crippen molar-refractivity contribution in [3.05, 3.63) is 65.2 Å². The van der Waals surface area contributed by atoms with Gasteiger partial charge in [-0.05, 0) is 49.0 Å². The molecule has 8 nitrogen and oxygen atoms in total. The maximum absolute atomic E-state index is 13.6. The first kappa shape index (κ1) is 19.6. The van der Waals surface area contributed by atoms with E-state index in [9.17, 15) is 23.9 Å². The fourth-order valence-electron chi connectivity index (χ4n) is 3.74.